The average molecular weight is 510 g/mol. The number of rotatable bonds is 11. The number of carbonyl (C=O) groups is 2. The SMILES string of the molecule is CCCNC(=O)N(CCCSc1nc2ccccc2n1CC(=O)O)c1ccc(N2CCCCC2)cc1. The molecule has 3 aromatic rings. The summed E-state index contributed by atoms with van der Waals surface area (Å²) >= 11 is 1.53. The zero-order valence-electron chi connectivity index (χ0n) is 20.9. The zero-order chi connectivity index (χ0) is 25.3. The number of para-hydroxylation sites is 2. The van der Waals surface area contributed by atoms with Gasteiger partial charge in [0.25, 0.3) is 0 Å². The predicted molar refractivity (Wildman–Crippen MR) is 146 cm³/mol. The van der Waals surface area contributed by atoms with Crippen LogP contribution in [-0.2, 0) is 11.3 Å². The molecule has 192 valence electrons. The molecule has 8 nitrogen and oxygen atoms in total. The Morgan fingerprint density at radius 2 is 1.83 bits per heavy atom. The van der Waals surface area contributed by atoms with Gasteiger partial charge in [0.1, 0.15) is 6.54 Å². The summed E-state index contributed by atoms with van der Waals surface area (Å²) < 4.78 is 1.74. The molecule has 0 aliphatic carbocycles. The van der Waals surface area contributed by atoms with Gasteiger partial charge in [-0.05, 0) is 68.5 Å². The molecule has 1 fully saturated rings. The van der Waals surface area contributed by atoms with Crippen molar-refractivity contribution in [3.63, 3.8) is 0 Å². The fraction of sp³-hybridized carbons (Fsp3) is 0.444. The number of anilines is 2. The van der Waals surface area contributed by atoms with Crippen LogP contribution in [0, 0.1) is 0 Å². The van der Waals surface area contributed by atoms with Crippen molar-refractivity contribution in [2.45, 2.75) is 50.7 Å². The molecule has 2 amide bonds. The maximum absolute atomic E-state index is 13.0. The first-order chi connectivity index (χ1) is 17.6. The molecule has 0 radical (unpaired) electrons. The number of nitrogens with one attached hydrogen (secondary N) is 1. The number of piperidine rings is 1. The lowest BCUT2D eigenvalue weighted by molar-refractivity contribution is -0.137. The average Bonchev–Trinajstić information content (AvgIpc) is 3.24. The summed E-state index contributed by atoms with van der Waals surface area (Å²) in [7, 11) is 0. The Kier molecular flexibility index (Phi) is 9.11. The maximum Gasteiger partial charge on any atom is 0.323 e. The summed E-state index contributed by atoms with van der Waals surface area (Å²) in [5, 5.41) is 13.1. The van der Waals surface area contributed by atoms with E-state index in [1.165, 1.54) is 36.7 Å². The molecule has 0 unspecified atom stereocenters. The minimum Gasteiger partial charge on any atom is -0.480 e. The summed E-state index contributed by atoms with van der Waals surface area (Å²) in [6.45, 7) is 5.28. The van der Waals surface area contributed by atoms with Gasteiger partial charge in [-0.15, -0.1) is 0 Å². The van der Waals surface area contributed by atoms with E-state index in [1.807, 2.05) is 43.3 Å². The molecule has 1 saturated heterocycles. The molecule has 2 heterocycles. The normalized spacial score (nSPS) is 13.6. The second-order valence-corrected chi connectivity index (χ2v) is 10.1. The summed E-state index contributed by atoms with van der Waals surface area (Å²) in [5.41, 5.74) is 3.69. The molecule has 0 bridgehead atoms. The lowest BCUT2D eigenvalue weighted by Crippen LogP contribution is -2.41. The van der Waals surface area contributed by atoms with Crippen molar-refractivity contribution in [1.29, 1.82) is 0 Å². The quantitative estimate of drug-likeness (QED) is 0.272. The highest BCUT2D eigenvalue weighted by Crippen LogP contribution is 2.26. The van der Waals surface area contributed by atoms with Crippen molar-refractivity contribution in [1.82, 2.24) is 14.9 Å². The molecule has 1 aliphatic rings. The number of urea groups is 1. The van der Waals surface area contributed by atoms with Gasteiger partial charge in [0, 0.05) is 43.3 Å². The van der Waals surface area contributed by atoms with Crippen LogP contribution in [-0.4, -0.2) is 58.6 Å². The number of fused-ring (bicyclic) bond motifs is 1. The number of carbonyl (C=O) groups excluding carboxylic acids is 1. The van der Waals surface area contributed by atoms with Gasteiger partial charge >= 0.3 is 12.0 Å². The van der Waals surface area contributed by atoms with Crippen LogP contribution >= 0.6 is 11.8 Å². The van der Waals surface area contributed by atoms with Crippen LogP contribution < -0.4 is 15.1 Å². The Bertz CT molecular complexity index is 1160. The van der Waals surface area contributed by atoms with Crippen molar-refractivity contribution >= 4 is 46.2 Å². The fourth-order valence-electron chi connectivity index (χ4n) is 4.51. The van der Waals surface area contributed by atoms with Crippen LogP contribution in [0.5, 0.6) is 0 Å². The number of aromatic nitrogens is 2. The third-order valence-electron chi connectivity index (χ3n) is 6.32. The predicted octanol–water partition coefficient (Wildman–Crippen LogP) is 5.22. The van der Waals surface area contributed by atoms with Crippen LogP contribution in [0.25, 0.3) is 11.0 Å². The monoisotopic (exact) mass is 509 g/mol. The number of carboxylic acids is 1. The summed E-state index contributed by atoms with van der Waals surface area (Å²) in [5.74, 6) is -0.182. The third kappa shape index (κ3) is 6.51. The van der Waals surface area contributed by atoms with Gasteiger partial charge in [-0.25, -0.2) is 9.78 Å². The zero-order valence-corrected chi connectivity index (χ0v) is 21.7. The summed E-state index contributed by atoms with van der Waals surface area (Å²) in [4.78, 5) is 33.2. The Morgan fingerprint density at radius 1 is 1.08 bits per heavy atom. The van der Waals surface area contributed by atoms with E-state index in [0.29, 0.717) is 24.0 Å². The number of aliphatic carboxylic acids is 1. The van der Waals surface area contributed by atoms with Gasteiger partial charge in [0.05, 0.1) is 11.0 Å². The Morgan fingerprint density at radius 3 is 2.56 bits per heavy atom. The first-order valence-electron chi connectivity index (χ1n) is 12.8. The minimum atomic E-state index is -0.897. The smallest absolute Gasteiger partial charge is 0.323 e. The minimum absolute atomic E-state index is 0.0920. The van der Waals surface area contributed by atoms with E-state index in [-0.39, 0.29) is 12.6 Å². The molecular weight excluding hydrogens is 474 g/mol. The Labute approximate surface area is 216 Å². The van der Waals surface area contributed by atoms with Crippen molar-refractivity contribution in [2.75, 3.05) is 41.7 Å². The van der Waals surface area contributed by atoms with Gasteiger partial charge in [0.2, 0.25) is 0 Å². The lowest BCUT2D eigenvalue weighted by atomic mass is 10.1. The summed E-state index contributed by atoms with van der Waals surface area (Å²) in [6, 6.07) is 15.8. The van der Waals surface area contributed by atoms with Gasteiger partial charge in [0.15, 0.2) is 5.16 Å². The first kappa shape index (κ1) is 25.9. The molecule has 1 aliphatic heterocycles. The van der Waals surface area contributed by atoms with Crippen LogP contribution in [0.3, 0.4) is 0 Å². The van der Waals surface area contributed by atoms with Gasteiger partial charge in [-0.2, -0.15) is 0 Å². The Balaban J connectivity index is 1.42. The van der Waals surface area contributed by atoms with Crippen LogP contribution in [0.2, 0.25) is 0 Å². The highest BCUT2D eigenvalue weighted by atomic mass is 32.2. The van der Waals surface area contributed by atoms with Crippen molar-refractivity contribution in [3.8, 4) is 0 Å². The summed E-state index contributed by atoms with van der Waals surface area (Å²) in [6.07, 6.45) is 5.37. The topological polar surface area (TPSA) is 90.7 Å². The number of hydrogen-bond donors (Lipinski definition) is 2. The second-order valence-electron chi connectivity index (χ2n) is 9.01. The number of hydrogen-bond acceptors (Lipinski definition) is 5. The number of benzene rings is 2. The lowest BCUT2D eigenvalue weighted by Gasteiger charge is -2.29. The van der Waals surface area contributed by atoms with E-state index in [0.717, 1.165) is 42.7 Å². The third-order valence-corrected chi connectivity index (χ3v) is 7.39. The number of carboxylic acid groups (broad SMARTS) is 1. The maximum atomic E-state index is 13.0. The molecule has 2 N–H and O–H groups in total. The molecule has 9 heteroatoms. The van der Waals surface area contributed by atoms with Gasteiger partial charge in [-0.1, -0.05) is 30.8 Å². The van der Waals surface area contributed by atoms with Gasteiger partial charge < -0.3 is 19.9 Å². The van der Waals surface area contributed by atoms with E-state index < -0.39 is 5.97 Å². The molecular formula is C27H35N5O3S. The van der Waals surface area contributed by atoms with Crippen LogP contribution in [0.15, 0.2) is 53.7 Å². The number of imidazole rings is 1. The highest BCUT2D eigenvalue weighted by molar-refractivity contribution is 7.99. The van der Waals surface area contributed by atoms with E-state index in [1.54, 1.807) is 9.47 Å². The van der Waals surface area contributed by atoms with Crippen LogP contribution in [0.4, 0.5) is 16.2 Å². The molecule has 36 heavy (non-hydrogen) atoms. The Hall–Kier alpha value is -3.20. The standard InChI is InChI=1S/C27H35N5O3S/c1-2-15-28-26(35)31(22-13-11-21(12-14-22)30-16-6-3-7-17-30)18-8-19-36-27-29-23-9-4-5-10-24(23)32(27)20-25(33)34/h4-5,9-14H,2-3,6-8,15-20H2,1H3,(H,28,35)(H,33,34). The van der Waals surface area contributed by atoms with Gasteiger partial charge in [-0.3, -0.25) is 9.69 Å². The highest BCUT2D eigenvalue weighted by Gasteiger charge is 2.18. The van der Waals surface area contributed by atoms with Crippen molar-refractivity contribution < 1.29 is 14.7 Å². The largest absolute Gasteiger partial charge is 0.480 e. The van der Waals surface area contributed by atoms with Crippen LogP contribution in [0.1, 0.15) is 39.0 Å². The van der Waals surface area contributed by atoms with E-state index in [4.69, 9.17) is 0 Å². The second kappa shape index (κ2) is 12.7. The van der Waals surface area contributed by atoms with E-state index in [2.05, 4.69) is 27.3 Å². The number of amides is 2. The molecule has 4 rings (SSSR count). The van der Waals surface area contributed by atoms with Crippen molar-refractivity contribution in [2.24, 2.45) is 0 Å². The van der Waals surface area contributed by atoms with Crippen molar-refractivity contribution in [3.05, 3.63) is 48.5 Å². The molecule has 0 atom stereocenters. The van der Waals surface area contributed by atoms with E-state index in [9.17, 15) is 14.7 Å². The molecule has 0 saturated carbocycles. The first-order valence-corrected chi connectivity index (χ1v) is 13.8. The fourth-order valence-corrected chi connectivity index (χ4v) is 5.45. The number of thioether (sulfide) groups is 1. The molecule has 1 aromatic heterocycles. The molecule has 2 aromatic carbocycles. The van der Waals surface area contributed by atoms with E-state index >= 15 is 0 Å². The number of nitrogens with zero attached hydrogens (tertiary/aromatic N) is 4. The molecule has 0 spiro atoms.